The highest BCUT2D eigenvalue weighted by molar-refractivity contribution is 6.04. The Kier molecular flexibility index (Phi) is 5.83. The van der Waals surface area contributed by atoms with E-state index in [2.05, 4.69) is 19.2 Å². The number of nitrogens with one attached hydrogen (secondary N) is 1. The Balaban J connectivity index is 2.57. The first-order valence-electron chi connectivity index (χ1n) is 7.52. The van der Waals surface area contributed by atoms with Crippen LogP contribution in [-0.2, 0) is 4.79 Å². The largest absolute Gasteiger partial charge is 0.326 e. The van der Waals surface area contributed by atoms with Crippen LogP contribution in [0.2, 0.25) is 0 Å². The molecule has 1 rings (SSSR count). The van der Waals surface area contributed by atoms with E-state index in [1.54, 1.807) is 0 Å². The summed E-state index contributed by atoms with van der Waals surface area (Å²) in [5.74, 6) is 0.823. The number of amides is 3. The number of carbonyl (C=O) groups is 2. The Morgan fingerprint density at radius 2 is 1.79 bits per heavy atom. The lowest BCUT2D eigenvalue weighted by atomic mass is 9.98. The summed E-state index contributed by atoms with van der Waals surface area (Å²) >= 11 is 0. The van der Waals surface area contributed by atoms with E-state index in [1.165, 1.54) is 4.90 Å². The minimum Gasteiger partial charge on any atom is -0.326 e. The molecular formula is C15H28N2O2. The number of urea groups is 1. The van der Waals surface area contributed by atoms with Gasteiger partial charge in [0.15, 0.2) is 0 Å². The lowest BCUT2D eigenvalue weighted by Crippen LogP contribution is -2.40. The number of hydrogen-bond acceptors (Lipinski definition) is 2. The van der Waals surface area contributed by atoms with Gasteiger partial charge in [0.05, 0.1) is 0 Å². The number of rotatable bonds is 7. The third-order valence-corrected chi connectivity index (χ3v) is 4.06. The van der Waals surface area contributed by atoms with Gasteiger partial charge in [-0.1, -0.05) is 47.0 Å². The summed E-state index contributed by atoms with van der Waals surface area (Å²) in [7, 11) is 0. The minimum atomic E-state index is -0.329. The molecule has 0 aliphatic carbocycles. The third kappa shape index (κ3) is 3.95. The van der Waals surface area contributed by atoms with Crippen molar-refractivity contribution >= 4 is 11.9 Å². The van der Waals surface area contributed by atoms with Gasteiger partial charge in [-0.3, -0.25) is 9.69 Å². The van der Waals surface area contributed by atoms with Crippen molar-refractivity contribution in [2.75, 3.05) is 0 Å². The topological polar surface area (TPSA) is 49.4 Å². The van der Waals surface area contributed by atoms with Crippen LogP contribution < -0.4 is 5.32 Å². The molecule has 1 N–H and O–H groups in total. The first-order chi connectivity index (χ1) is 8.88. The van der Waals surface area contributed by atoms with Gasteiger partial charge in [0.25, 0.3) is 5.91 Å². The van der Waals surface area contributed by atoms with E-state index in [-0.39, 0.29) is 29.9 Å². The first kappa shape index (κ1) is 16.0. The Morgan fingerprint density at radius 1 is 1.16 bits per heavy atom. The van der Waals surface area contributed by atoms with Crippen molar-refractivity contribution in [1.29, 1.82) is 0 Å². The van der Waals surface area contributed by atoms with Crippen LogP contribution in [0.5, 0.6) is 0 Å². The van der Waals surface area contributed by atoms with Gasteiger partial charge in [-0.05, 0) is 25.2 Å². The second-order valence-corrected chi connectivity index (χ2v) is 6.19. The van der Waals surface area contributed by atoms with Crippen LogP contribution >= 0.6 is 0 Å². The molecule has 1 saturated heterocycles. The fourth-order valence-corrected chi connectivity index (χ4v) is 2.50. The smallest absolute Gasteiger partial charge is 0.325 e. The predicted molar refractivity (Wildman–Crippen MR) is 76.8 cm³/mol. The van der Waals surface area contributed by atoms with Crippen LogP contribution in [0.1, 0.15) is 60.3 Å². The van der Waals surface area contributed by atoms with E-state index in [0.29, 0.717) is 5.92 Å². The Hall–Kier alpha value is -1.06. The zero-order valence-corrected chi connectivity index (χ0v) is 12.9. The average molecular weight is 268 g/mol. The normalized spacial score (nSPS) is 22.8. The fourth-order valence-electron chi connectivity index (χ4n) is 2.50. The lowest BCUT2D eigenvalue weighted by Gasteiger charge is -2.22. The first-order valence-corrected chi connectivity index (χ1v) is 7.52. The van der Waals surface area contributed by atoms with Crippen LogP contribution in [0.4, 0.5) is 4.79 Å². The Morgan fingerprint density at radius 3 is 2.32 bits per heavy atom. The molecule has 1 aliphatic heterocycles. The molecule has 4 nitrogen and oxygen atoms in total. The van der Waals surface area contributed by atoms with E-state index in [4.69, 9.17) is 0 Å². The molecule has 19 heavy (non-hydrogen) atoms. The maximum atomic E-state index is 12.3. The van der Waals surface area contributed by atoms with E-state index >= 15 is 0 Å². The van der Waals surface area contributed by atoms with Crippen LogP contribution in [0, 0.1) is 11.8 Å². The Bertz CT molecular complexity index is 328. The molecule has 0 radical (unpaired) electrons. The van der Waals surface area contributed by atoms with Crippen LogP contribution in [0.3, 0.4) is 0 Å². The van der Waals surface area contributed by atoms with Gasteiger partial charge in [-0.15, -0.1) is 0 Å². The Labute approximate surface area is 116 Å². The summed E-state index contributed by atoms with van der Waals surface area (Å²) in [6.45, 7) is 10.4. The molecule has 1 heterocycles. The number of carbonyl (C=O) groups excluding carboxylic acids is 2. The van der Waals surface area contributed by atoms with Gasteiger partial charge in [-0.2, -0.15) is 0 Å². The van der Waals surface area contributed by atoms with Crippen molar-refractivity contribution in [3.05, 3.63) is 0 Å². The highest BCUT2D eigenvalue weighted by atomic mass is 16.2. The summed E-state index contributed by atoms with van der Waals surface area (Å²) in [6.07, 6.45) is 3.99. The molecule has 1 aliphatic rings. The van der Waals surface area contributed by atoms with Gasteiger partial charge in [0.1, 0.15) is 6.04 Å². The molecule has 0 spiro atoms. The van der Waals surface area contributed by atoms with Gasteiger partial charge < -0.3 is 5.32 Å². The van der Waals surface area contributed by atoms with Crippen molar-refractivity contribution < 1.29 is 9.59 Å². The SMILES string of the molecule is CC[C@H](C)[C@H]1NC(=O)N([C@H](C)CCCC(C)C)C1=O. The summed E-state index contributed by atoms with van der Waals surface area (Å²) in [6, 6.07) is -0.544. The van der Waals surface area contributed by atoms with Gasteiger partial charge in [0.2, 0.25) is 0 Å². The summed E-state index contributed by atoms with van der Waals surface area (Å²) < 4.78 is 0. The van der Waals surface area contributed by atoms with Crippen molar-refractivity contribution in [2.45, 2.75) is 72.4 Å². The van der Waals surface area contributed by atoms with E-state index < -0.39 is 0 Å². The molecule has 0 aromatic carbocycles. The van der Waals surface area contributed by atoms with E-state index in [0.717, 1.165) is 25.7 Å². The molecule has 0 unspecified atom stereocenters. The van der Waals surface area contributed by atoms with E-state index in [9.17, 15) is 9.59 Å². The summed E-state index contributed by atoms with van der Waals surface area (Å²) in [5, 5.41) is 2.82. The maximum absolute atomic E-state index is 12.3. The monoisotopic (exact) mass is 268 g/mol. The lowest BCUT2D eigenvalue weighted by molar-refractivity contribution is -0.129. The second-order valence-electron chi connectivity index (χ2n) is 6.19. The van der Waals surface area contributed by atoms with Crippen LogP contribution in [0.25, 0.3) is 0 Å². The third-order valence-electron chi connectivity index (χ3n) is 4.06. The molecule has 110 valence electrons. The zero-order chi connectivity index (χ0) is 14.6. The average Bonchev–Trinajstić information content (AvgIpc) is 2.63. The molecule has 0 aromatic heterocycles. The molecule has 1 fully saturated rings. The maximum Gasteiger partial charge on any atom is 0.325 e. The molecule has 4 heteroatoms. The highest BCUT2D eigenvalue weighted by Gasteiger charge is 2.42. The predicted octanol–water partition coefficient (Wildman–Crippen LogP) is 3.17. The zero-order valence-electron chi connectivity index (χ0n) is 12.9. The van der Waals surface area contributed by atoms with Crippen molar-refractivity contribution in [3.63, 3.8) is 0 Å². The fraction of sp³-hybridized carbons (Fsp3) is 0.867. The summed E-state index contributed by atoms with van der Waals surface area (Å²) in [5.41, 5.74) is 0. The number of nitrogens with zero attached hydrogens (tertiary/aromatic N) is 1. The molecule has 0 aromatic rings. The standard InChI is InChI=1S/C15H28N2O2/c1-6-11(4)13-14(18)17(15(19)16-13)12(5)9-7-8-10(2)3/h10-13H,6-9H2,1-5H3,(H,16,19)/t11-,12+,13+/m0/s1. The van der Waals surface area contributed by atoms with Crippen molar-refractivity contribution in [1.82, 2.24) is 10.2 Å². The van der Waals surface area contributed by atoms with Crippen molar-refractivity contribution in [3.8, 4) is 0 Å². The minimum absolute atomic E-state index is 0.000283. The van der Waals surface area contributed by atoms with Gasteiger partial charge >= 0.3 is 6.03 Å². The number of imide groups is 1. The molecule has 3 atom stereocenters. The quantitative estimate of drug-likeness (QED) is 0.721. The molecular weight excluding hydrogens is 240 g/mol. The van der Waals surface area contributed by atoms with Crippen LogP contribution in [-0.4, -0.2) is 28.9 Å². The van der Waals surface area contributed by atoms with Gasteiger partial charge in [0, 0.05) is 6.04 Å². The van der Waals surface area contributed by atoms with Gasteiger partial charge in [-0.25, -0.2) is 4.79 Å². The second kappa shape index (κ2) is 6.92. The van der Waals surface area contributed by atoms with Crippen molar-refractivity contribution in [2.24, 2.45) is 11.8 Å². The summed E-state index contributed by atoms with van der Waals surface area (Å²) in [4.78, 5) is 25.7. The highest BCUT2D eigenvalue weighted by Crippen LogP contribution is 2.21. The molecule has 0 bridgehead atoms. The molecule has 3 amide bonds. The van der Waals surface area contributed by atoms with Crippen LogP contribution in [0.15, 0.2) is 0 Å². The molecule has 0 saturated carbocycles. The van der Waals surface area contributed by atoms with E-state index in [1.807, 2.05) is 20.8 Å². The number of hydrogen-bond donors (Lipinski definition) is 1.